The Labute approximate surface area is 106 Å². The average Bonchev–Trinajstić information content (AvgIpc) is 2.37. The molecule has 0 saturated carbocycles. The van der Waals surface area contributed by atoms with Gasteiger partial charge in [-0.25, -0.2) is 9.18 Å². The highest BCUT2D eigenvalue weighted by Gasteiger charge is 2.09. The van der Waals surface area contributed by atoms with E-state index in [-0.39, 0.29) is 18.4 Å². The molecule has 5 heteroatoms. The van der Waals surface area contributed by atoms with Crippen LogP contribution < -0.4 is 10.5 Å². The zero-order valence-corrected chi connectivity index (χ0v) is 10.6. The van der Waals surface area contributed by atoms with Crippen LogP contribution in [0.3, 0.4) is 0 Å². The molecule has 0 bridgehead atoms. The van der Waals surface area contributed by atoms with Crippen LogP contribution in [0.4, 0.5) is 4.39 Å². The number of methoxy groups -OCH3 is 1. The SMILES string of the molecule is CCC(N)Cc1ccc(OCC(=O)OC)c(F)c1. The molecular weight excluding hydrogens is 237 g/mol. The molecule has 18 heavy (non-hydrogen) atoms. The van der Waals surface area contributed by atoms with Crippen molar-refractivity contribution in [3.05, 3.63) is 29.6 Å². The van der Waals surface area contributed by atoms with Crippen LogP contribution in [0.1, 0.15) is 18.9 Å². The Morgan fingerprint density at radius 1 is 1.50 bits per heavy atom. The largest absolute Gasteiger partial charge is 0.479 e. The second-order valence-electron chi connectivity index (χ2n) is 4.00. The summed E-state index contributed by atoms with van der Waals surface area (Å²) in [6, 6.07) is 4.63. The van der Waals surface area contributed by atoms with Gasteiger partial charge < -0.3 is 15.2 Å². The van der Waals surface area contributed by atoms with E-state index in [0.29, 0.717) is 6.42 Å². The van der Waals surface area contributed by atoms with Crippen LogP contribution in [0, 0.1) is 5.82 Å². The summed E-state index contributed by atoms with van der Waals surface area (Å²) in [5.41, 5.74) is 6.61. The van der Waals surface area contributed by atoms with Gasteiger partial charge in [0, 0.05) is 6.04 Å². The summed E-state index contributed by atoms with van der Waals surface area (Å²) in [7, 11) is 1.25. The minimum atomic E-state index is -0.550. The molecule has 0 aliphatic rings. The van der Waals surface area contributed by atoms with Gasteiger partial charge in [0.15, 0.2) is 18.2 Å². The normalized spacial score (nSPS) is 12.0. The number of carbonyl (C=O) groups is 1. The summed E-state index contributed by atoms with van der Waals surface area (Å²) < 4.78 is 23.0. The first kappa shape index (κ1) is 14.4. The third kappa shape index (κ3) is 4.33. The van der Waals surface area contributed by atoms with Gasteiger partial charge in [-0.2, -0.15) is 0 Å². The van der Waals surface area contributed by atoms with Crippen LogP contribution in [0.5, 0.6) is 5.75 Å². The molecule has 0 aliphatic heterocycles. The summed E-state index contributed by atoms with van der Waals surface area (Å²) in [4.78, 5) is 10.9. The van der Waals surface area contributed by atoms with E-state index < -0.39 is 11.8 Å². The number of hydrogen-bond acceptors (Lipinski definition) is 4. The molecule has 1 aromatic rings. The Balaban J connectivity index is 2.64. The lowest BCUT2D eigenvalue weighted by Gasteiger charge is -2.10. The van der Waals surface area contributed by atoms with Gasteiger partial charge in [0.1, 0.15) is 0 Å². The van der Waals surface area contributed by atoms with Crippen molar-refractivity contribution in [1.29, 1.82) is 0 Å². The fourth-order valence-electron chi connectivity index (χ4n) is 1.43. The summed E-state index contributed by atoms with van der Waals surface area (Å²) in [6.45, 7) is 1.68. The van der Waals surface area contributed by atoms with Gasteiger partial charge in [-0.3, -0.25) is 0 Å². The van der Waals surface area contributed by atoms with Crippen molar-refractivity contribution in [3.8, 4) is 5.75 Å². The second kappa shape index (κ2) is 6.96. The molecule has 1 aromatic carbocycles. The van der Waals surface area contributed by atoms with Gasteiger partial charge >= 0.3 is 5.97 Å². The van der Waals surface area contributed by atoms with Crippen LogP contribution in [0.15, 0.2) is 18.2 Å². The molecule has 2 N–H and O–H groups in total. The number of benzene rings is 1. The first-order chi connectivity index (χ1) is 8.56. The summed E-state index contributed by atoms with van der Waals surface area (Å²) in [5, 5.41) is 0. The molecule has 0 spiro atoms. The first-order valence-corrected chi connectivity index (χ1v) is 5.80. The Morgan fingerprint density at radius 3 is 2.78 bits per heavy atom. The Kier molecular flexibility index (Phi) is 5.58. The third-order valence-electron chi connectivity index (χ3n) is 2.59. The number of nitrogens with two attached hydrogens (primary N) is 1. The molecule has 0 aromatic heterocycles. The van der Waals surface area contributed by atoms with Gasteiger partial charge in [-0.05, 0) is 30.5 Å². The molecule has 0 amide bonds. The number of rotatable bonds is 6. The van der Waals surface area contributed by atoms with E-state index in [2.05, 4.69) is 4.74 Å². The highest BCUT2D eigenvalue weighted by atomic mass is 19.1. The Morgan fingerprint density at radius 2 is 2.22 bits per heavy atom. The predicted molar refractivity (Wildman–Crippen MR) is 65.9 cm³/mol. The number of hydrogen-bond donors (Lipinski definition) is 1. The maximum absolute atomic E-state index is 13.6. The van der Waals surface area contributed by atoms with E-state index in [4.69, 9.17) is 10.5 Å². The average molecular weight is 255 g/mol. The molecule has 0 aliphatic carbocycles. The van der Waals surface area contributed by atoms with E-state index >= 15 is 0 Å². The van der Waals surface area contributed by atoms with E-state index in [1.165, 1.54) is 19.2 Å². The van der Waals surface area contributed by atoms with Crippen molar-refractivity contribution in [3.63, 3.8) is 0 Å². The lowest BCUT2D eigenvalue weighted by Crippen LogP contribution is -2.21. The highest BCUT2D eigenvalue weighted by molar-refractivity contribution is 5.70. The van der Waals surface area contributed by atoms with Gasteiger partial charge in [-0.15, -0.1) is 0 Å². The van der Waals surface area contributed by atoms with Gasteiger partial charge in [0.25, 0.3) is 0 Å². The molecule has 1 unspecified atom stereocenters. The van der Waals surface area contributed by atoms with Gasteiger partial charge in [-0.1, -0.05) is 13.0 Å². The minimum absolute atomic E-state index is 0.0197. The summed E-state index contributed by atoms with van der Waals surface area (Å²) in [5.74, 6) is -1.01. The third-order valence-corrected chi connectivity index (χ3v) is 2.59. The van der Waals surface area contributed by atoms with E-state index in [0.717, 1.165) is 12.0 Å². The highest BCUT2D eigenvalue weighted by Crippen LogP contribution is 2.19. The number of ether oxygens (including phenoxy) is 2. The molecule has 0 heterocycles. The quantitative estimate of drug-likeness (QED) is 0.785. The fraction of sp³-hybridized carbons (Fsp3) is 0.462. The van der Waals surface area contributed by atoms with E-state index in [1.54, 1.807) is 6.07 Å². The van der Waals surface area contributed by atoms with Crippen molar-refractivity contribution in [2.45, 2.75) is 25.8 Å². The number of halogens is 1. The maximum Gasteiger partial charge on any atom is 0.343 e. The van der Waals surface area contributed by atoms with Crippen molar-refractivity contribution >= 4 is 5.97 Å². The molecule has 0 fully saturated rings. The van der Waals surface area contributed by atoms with Crippen LogP contribution in [-0.4, -0.2) is 25.7 Å². The molecule has 1 atom stereocenters. The van der Waals surface area contributed by atoms with Crippen molar-refractivity contribution < 1.29 is 18.7 Å². The minimum Gasteiger partial charge on any atom is -0.479 e. The number of esters is 1. The molecule has 1 rings (SSSR count). The lowest BCUT2D eigenvalue weighted by molar-refractivity contribution is -0.142. The van der Waals surface area contributed by atoms with Crippen LogP contribution in [-0.2, 0) is 16.0 Å². The number of carbonyl (C=O) groups excluding carboxylic acids is 1. The standard InChI is InChI=1S/C13H18FNO3/c1-3-10(15)6-9-4-5-12(11(14)7-9)18-8-13(16)17-2/h4-5,7,10H,3,6,8,15H2,1-2H3. The van der Waals surface area contributed by atoms with E-state index in [9.17, 15) is 9.18 Å². The molecular formula is C13H18FNO3. The van der Waals surface area contributed by atoms with Gasteiger partial charge in [0.05, 0.1) is 7.11 Å². The zero-order valence-electron chi connectivity index (χ0n) is 10.6. The summed E-state index contributed by atoms with van der Waals surface area (Å²) >= 11 is 0. The monoisotopic (exact) mass is 255 g/mol. The van der Waals surface area contributed by atoms with Crippen LogP contribution in [0.25, 0.3) is 0 Å². The molecule has 4 nitrogen and oxygen atoms in total. The van der Waals surface area contributed by atoms with Crippen LogP contribution in [0.2, 0.25) is 0 Å². The van der Waals surface area contributed by atoms with Crippen molar-refractivity contribution in [1.82, 2.24) is 0 Å². The molecule has 0 saturated heterocycles. The maximum atomic E-state index is 13.6. The Bertz CT molecular complexity index is 409. The second-order valence-corrected chi connectivity index (χ2v) is 4.00. The van der Waals surface area contributed by atoms with Crippen molar-refractivity contribution in [2.24, 2.45) is 5.73 Å². The van der Waals surface area contributed by atoms with E-state index in [1.807, 2.05) is 6.92 Å². The van der Waals surface area contributed by atoms with Crippen LogP contribution >= 0.6 is 0 Å². The predicted octanol–water partition coefficient (Wildman–Crippen LogP) is 1.66. The first-order valence-electron chi connectivity index (χ1n) is 5.80. The molecule has 0 radical (unpaired) electrons. The topological polar surface area (TPSA) is 61.5 Å². The van der Waals surface area contributed by atoms with Crippen molar-refractivity contribution in [2.75, 3.05) is 13.7 Å². The molecule has 100 valence electrons. The smallest absolute Gasteiger partial charge is 0.343 e. The Hall–Kier alpha value is -1.62. The lowest BCUT2D eigenvalue weighted by atomic mass is 10.0. The zero-order chi connectivity index (χ0) is 13.5. The summed E-state index contributed by atoms with van der Waals surface area (Å²) in [6.07, 6.45) is 1.45. The van der Waals surface area contributed by atoms with Gasteiger partial charge in [0.2, 0.25) is 0 Å². The fourth-order valence-corrected chi connectivity index (χ4v) is 1.43.